The smallest absolute Gasteiger partial charge is 0.310 e. The van der Waals surface area contributed by atoms with E-state index in [0.717, 1.165) is 27.5 Å². The first-order chi connectivity index (χ1) is 14.8. The minimum absolute atomic E-state index is 0.195. The second-order valence-corrected chi connectivity index (χ2v) is 7.46. The van der Waals surface area contributed by atoms with Gasteiger partial charge in [-0.25, -0.2) is 0 Å². The number of fused-ring (bicyclic) bond motifs is 5. The summed E-state index contributed by atoms with van der Waals surface area (Å²) in [4.78, 5) is 12.6. The van der Waals surface area contributed by atoms with Crippen molar-refractivity contribution in [3.05, 3.63) is 96.6 Å². The Bertz CT molecular complexity index is 1380. The monoisotopic (exact) mass is 390 g/mol. The molecule has 5 rings (SSSR count). The molecule has 0 unspecified atom stereocenters. The molecule has 0 saturated carbocycles. The van der Waals surface area contributed by atoms with E-state index in [0.29, 0.717) is 6.61 Å². The van der Waals surface area contributed by atoms with E-state index in [9.17, 15) is 4.79 Å². The molecule has 0 aliphatic carbocycles. The number of carbonyl (C=O) groups is 1. The van der Waals surface area contributed by atoms with Crippen molar-refractivity contribution in [2.24, 2.45) is 0 Å². The van der Waals surface area contributed by atoms with E-state index in [2.05, 4.69) is 78.9 Å². The van der Waals surface area contributed by atoms with Crippen LogP contribution in [0.15, 0.2) is 91.0 Å². The lowest BCUT2D eigenvalue weighted by Crippen LogP contribution is -2.09. The standard InChI is InChI=1S/C28H22O2/c1-2-30-26(29)18-25-23-15-9-8-14-22(23)24-17-16-19-10-6-7-13-21(19)28(24)27(25)20-11-4-3-5-12-20/h3-17H,2,18H2,1H3. The summed E-state index contributed by atoms with van der Waals surface area (Å²) in [5, 5.41) is 7.06. The number of rotatable bonds is 4. The van der Waals surface area contributed by atoms with Crippen LogP contribution in [0.1, 0.15) is 12.5 Å². The summed E-state index contributed by atoms with van der Waals surface area (Å²) < 4.78 is 5.35. The van der Waals surface area contributed by atoms with Gasteiger partial charge in [-0.1, -0.05) is 91.0 Å². The molecule has 2 nitrogen and oxygen atoms in total. The summed E-state index contributed by atoms with van der Waals surface area (Å²) in [6.45, 7) is 2.23. The number of ether oxygens (including phenoxy) is 1. The van der Waals surface area contributed by atoms with Crippen LogP contribution in [0.3, 0.4) is 0 Å². The Kier molecular flexibility index (Phi) is 4.68. The molecule has 30 heavy (non-hydrogen) atoms. The van der Waals surface area contributed by atoms with Gasteiger partial charge < -0.3 is 4.74 Å². The van der Waals surface area contributed by atoms with Gasteiger partial charge in [0.25, 0.3) is 0 Å². The number of esters is 1. The normalized spacial score (nSPS) is 11.2. The summed E-state index contributed by atoms with van der Waals surface area (Å²) in [6, 6.07) is 31.6. The topological polar surface area (TPSA) is 26.3 Å². The largest absolute Gasteiger partial charge is 0.466 e. The maximum Gasteiger partial charge on any atom is 0.310 e. The third-order valence-corrected chi connectivity index (χ3v) is 5.71. The maximum absolute atomic E-state index is 12.6. The Balaban J connectivity index is 2.00. The Labute approximate surface area is 175 Å². The predicted octanol–water partition coefficient (Wildman–Crippen LogP) is 6.92. The van der Waals surface area contributed by atoms with Crippen molar-refractivity contribution < 1.29 is 9.53 Å². The van der Waals surface area contributed by atoms with Crippen LogP contribution in [0.4, 0.5) is 0 Å². The highest BCUT2D eigenvalue weighted by Gasteiger charge is 2.20. The van der Waals surface area contributed by atoms with Gasteiger partial charge in [0.1, 0.15) is 0 Å². The first-order valence-corrected chi connectivity index (χ1v) is 10.3. The summed E-state index contributed by atoms with van der Waals surface area (Å²) in [6.07, 6.45) is 0.248. The van der Waals surface area contributed by atoms with Gasteiger partial charge in [0.05, 0.1) is 13.0 Å². The van der Waals surface area contributed by atoms with Crippen LogP contribution < -0.4 is 0 Å². The summed E-state index contributed by atoms with van der Waals surface area (Å²) in [5.41, 5.74) is 3.26. The zero-order valence-corrected chi connectivity index (χ0v) is 16.9. The number of hydrogen-bond donors (Lipinski definition) is 0. The van der Waals surface area contributed by atoms with Crippen molar-refractivity contribution in [3.63, 3.8) is 0 Å². The van der Waals surface area contributed by atoms with Crippen molar-refractivity contribution in [1.29, 1.82) is 0 Å². The Morgan fingerprint density at radius 3 is 2.13 bits per heavy atom. The third-order valence-electron chi connectivity index (χ3n) is 5.71. The average molecular weight is 390 g/mol. The van der Waals surface area contributed by atoms with Gasteiger partial charge in [-0.05, 0) is 55.9 Å². The van der Waals surface area contributed by atoms with Gasteiger partial charge in [-0.15, -0.1) is 0 Å². The van der Waals surface area contributed by atoms with Gasteiger partial charge in [-0.2, -0.15) is 0 Å². The Hall–Kier alpha value is -3.65. The molecule has 2 heteroatoms. The van der Waals surface area contributed by atoms with Crippen molar-refractivity contribution in [2.75, 3.05) is 6.61 Å². The van der Waals surface area contributed by atoms with E-state index in [4.69, 9.17) is 4.74 Å². The summed E-state index contributed by atoms with van der Waals surface area (Å²) >= 11 is 0. The SMILES string of the molecule is CCOC(=O)Cc1c(-c2ccccc2)c2c3ccccc3ccc2c2ccccc12. The molecular formula is C28H22O2. The van der Waals surface area contributed by atoms with Crippen LogP contribution in [0.25, 0.3) is 43.4 Å². The minimum atomic E-state index is -0.195. The van der Waals surface area contributed by atoms with E-state index >= 15 is 0 Å². The van der Waals surface area contributed by atoms with Crippen LogP contribution in [-0.2, 0) is 16.0 Å². The zero-order chi connectivity index (χ0) is 20.5. The fourth-order valence-corrected chi connectivity index (χ4v) is 4.50. The summed E-state index contributed by atoms with van der Waals surface area (Å²) in [7, 11) is 0. The van der Waals surface area contributed by atoms with Crippen molar-refractivity contribution >= 4 is 38.3 Å². The van der Waals surface area contributed by atoms with Gasteiger partial charge in [0, 0.05) is 0 Å². The highest BCUT2D eigenvalue weighted by Crippen LogP contribution is 2.42. The number of benzene rings is 5. The Morgan fingerprint density at radius 2 is 1.37 bits per heavy atom. The van der Waals surface area contributed by atoms with E-state index < -0.39 is 0 Å². The fraction of sp³-hybridized carbons (Fsp3) is 0.107. The van der Waals surface area contributed by atoms with Crippen LogP contribution in [0.5, 0.6) is 0 Å². The molecule has 0 fully saturated rings. The van der Waals surface area contributed by atoms with E-state index in [-0.39, 0.29) is 12.4 Å². The maximum atomic E-state index is 12.6. The van der Waals surface area contributed by atoms with Crippen molar-refractivity contribution in [3.8, 4) is 11.1 Å². The Morgan fingerprint density at radius 1 is 0.700 bits per heavy atom. The number of carbonyl (C=O) groups excluding carboxylic acids is 1. The highest BCUT2D eigenvalue weighted by atomic mass is 16.5. The molecule has 5 aromatic carbocycles. The second kappa shape index (κ2) is 7.64. The van der Waals surface area contributed by atoms with Gasteiger partial charge >= 0.3 is 5.97 Å². The van der Waals surface area contributed by atoms with Crippen LogP contribution >= 0.6 is 0 Å². The number of hydrogen-bond acceptors (Lipinski definition) is 2. The van der Waals surface area contributed by atoms with Crippen molar-refractivity contribution in [1.82, 2.24) is 0 Å². The van der Waals surface area contributed by atoms with Crippen LogP contribution in [0.2, 0.25) is 0 Å². The quantitative estimate of drug-likeness (QED) is 0.246. The van der Waals surface area contributed by atoms with E-state index in [1.165, 1.54) is 21.5 Å². The zero-order valence-electron chi connectivity index (χ0n) is 16.9. The molecule has 0 radical (unpaired) electrons. The fourth-order valence-electron chi connectivity index (χ4n) is 4.50. The molecule has 0 N–H and O–H groups in total. The molecule has 0 aliphatic heterocycles. The molecule has 0 aliphatic rings. The molecule has 146 valence electrons. The molecule has 0 amide bonds. The van der Waals surface area contributed by atoms with Gasteiger partial charge in [0.2, 0.25) is 0 Å². The van der Waals surface area contributed by atoms with Crippen molar-refractivity contribution in [2.45, 2.75) is 13.3 Å². The predicted molar refractivity (Wildman–Crippen MR) is 125 cm³/mol. The lowest BCUT2D eigenvalue weighted by Gasteiger charge is -2.19. The van der Waals surface area contributed by atoms with E-state index in [1.807, 2.05) is 19.1 Å². The first-order valence-electron chi connectivity index (χ1n) is 10.3. The molecule has 5 aromatic rings. The van der Waals surface area contributed by atoms with Gasteiger partial charge in [-0.3, -0.25) is 4.79 Å². The molecule has 0 aromatic heterocycles. The highest BCUT2D eigenvalue weighted by molar-refractivity contribution is 6.24. The van der Waals surface area contributed by atoms with E-state index in [1.54, 1.807) is 0 Å². The molecule has 0 atom stereocenters. The van der Waals surface area contributed by atoms with Crippen LogP contribution in [-0.4, -0.2) is 12.6 Å². The lowest BCUT2D eigenvalue weighted by molar-refractivity contribution is -0.142. The molecule has 0 bridgehead atoms. The molecular weight excluding hydrogens is 368 g/mol. The average Bonchev–Trinajstić information content (AvgIpc) is 2.80. The van der Waals surface area contributed by atoms with Gasteiger partial charge in [0.15, 0.2) is 0 Å². The molecule has 0 saturated heterocycles. The lowest BCUT2D eigenvalue weighted by atomic mass is 9.85. The summed E-state index contributed by atoms with van der Waals surface area (Å²) in [5.74, 6) is -0.195. The molecule has 0 spiro atoms. The first kappa shape index (κ1) is 18.4. The molecule has 0 heterocycles. The minimum Gasteiger partial charge on any atom is -0.466 e. The second-order valence-electron chi connectivity index (χ2n) is 7.46. The third kappa shape index (κ3) is 3.02. The van der Waals surface area contributed by atoms with Crippen LogP contribution in [0, 0.1) is 0 Å².